The zero-order chi connectivity index (χ0) is 18.9. The minimum Gasteiger partial charge on any atom is -0.486 e. The Morgan fingerprint density at radius 3 is 2.65 bits per heavy atom. The molecule has 26 heavy (non-hydrogen) atoms. The number of hydrogen-bond donors (Lipinski definition) is 1. The van der Waals surface area contributed by atoms with Crippen molar-refractivity contribution < 1.29 is 19.1 Å². The summed E-state index contributed by atoms with van der Waals surface area (Å²) in [5.41, 5.74) is -0.0559. The van der Waals surface area contributed by atoms with E-state index in [1.165, 1.54) is 0 Å². The lowest BCUT2D eigenvalue weighted by atomic mass is 9.84. The van der Waals surface area contributed by atoms with Crippen molar-refractivity contribution in [2.24, 2.45) is 0 Å². The maximum Gasteiger partial charge on any atom is 0.242 e. The molecule has 1 aromatic rings. The molecule has 1 N–H and O–H groups in total. The molecule has 2 aliphatic heterocycles. The van der Waals surface area contributed by atoms with E-state index in [1.807, 2.05) is 26.0 Å². The summed E-state index contributed by atoms with van der Waals surface area (Å²) in [6.07, 6.45) is 1.57. The van der Waals surface area contributed by atoms with Gasteiger partial charge in [0.2, 0.25) is 11.8 Å². The molecule has 6 heteroatoms. The molecule has 140 valence electrons. The predicted molar refractivity (Wildman–Crippen MR) is 97.1 cm³/mol. The number of likely N-dealkylation sites (tertiary alicyclic amines) is 1. The van der Waals surface area contributed by atoms with E-state index in [2.05, 4.69) is 5.32 Å². The summed E-state index contributed by atoms with van der Waals surface area (Å²) >= 11 is 0. The standard InChI is InChI=1S/C20H26N2O4/c1-13(2)21-19(25)14(3)22-11-10-20(9-8-18(22)24)12-16(23)15-6-4-5-7-17(15)26-20/h4-7,13-14H,8-12H2,1-3H3,(H,21,25)/t14-,20-/m0/s1. The largest absolute Gasteiger partial charge is 0.486 e. The van der Waals surface area contributed by atoms with Gasteiger partial charge in [0.15, 0.2) is 5.78 Å². The lowest BCUT2D eigenvalue weighted by molar-refractivity contribution is -0.139. The van der Waals surface area contributed by atoms with Crippen LogP contribution in [-0.4, -0.2) is 46.7 Å². The second-order valence-corrected chi connectivity index (χ2v) is 7.56. The molecule has 0 aliphatic carbocycles. The average Bonchev–Trinajstić information content (AvgIpc) is 2.73. The van der Waals surface area contributed by atoms with Gasteiger partial charge in [-0.25, -0.2) is 0 Å². The Balaban J connectivity index is 1.76. The fourth-order valence-corrected chi connectivity index (χ4v) is 3.73. The molecule has 2 amide bonds. The Bertz CT molecular complexity index is 730. The van der Waals surface area contributed by atoms with Crippen LogP contribution < -0.4 is 10.1 Å². The van der Waals surface area contributed by atoms with Crippen molar-refractivity contribution in [3.8, 4) is 5.75 Å². The molecule has 1 aromatic carbocycles. The topological polar surface area (TPSA) is 75.7 Å². The molecule has 1 fully saturated rings. The van der Waals surface area contributed by atoms with E-state index in [0.29, 0.717) is 30.7 Å². The smallest absolute Gasteiger partial charge is 0.242 e. The minimum atomic E-state index is -0.663. The number of hydrogen-bond acceptors (Lipinski definition) is 4. The van der Waals surface area contributed by atoms with Gasteiger partial charge in [-0.3, -0.25) is 14.4 Å². The molecular formula is C20H26N2O4. The molecule has 2 aliphatic rings. The fraction of sp³-hybridized carbons (Fsp3) is 0.550. The molecule has 0 radical (unpaired) electrons. The summed E-state index contributed by atoms with van der Waals surface area (Å²) in [5, 5.41) is 2.85. The van der Waals surface area contributed by atoms with E-state index < -0.39 is 11.6 Å². The number of para-hydroxylation sites is 1. The summed E-state index contributed by atoms with van der Waals surface area (Å²) < 4.78 is 6.21. The zero-order valence-electron chi connectivity index (χ0n) is 15.6. The molecular weight excluding hydrogens is 332 g/mol. The molecule has 0 unspecified atom stereocenters. The number of nitrogens with zero attached hydrogens (tertiary/aromatic N) is 1. The van der Waals surface area contributed by atoms with Gasteiger partial charge in [0.25, 0.3) is 0 Å². The Morgan fingerprint density at radius 1 is 1.19 bits per heavy atom. The highest BCUT2D eigenvalue weighted by Gasteiger charge is 2.44. The first-order valence-corrected chi connectivity index (χ1v) is 9.22. The fourth-order valence-electron chi connectivity index (χ4n) is 3.73. The number of ether oxygens (including phenoxy) is 1. The van der Waals surface area contributed by atoms with E-state index in [4.69, 9.17) is 4.74 Å². The number of rotatable bonds is 3. The molecule has 3 rings (SSSR count). The van der Waals surface area contributed by atoms with Crippen LogP contribution in [0.2, 0.25) is 0 Å². The molecule has 0 saturated carbocycles. The Kier molecular flexibility index (Phi) is 5.03. The lowest BCUT2D eigenvalue weighted by Gasteiger charge is -2.37. The van der Waals surface area contributed by atoms with Crippen molar-refractivity contribution in [1.29, 1.82) is 0 Å². The van der Waals surface area contributed by atoms with Gasteiger partial charge in [0, 0.05) is 25.4 Å². The van der Waals surface area contributed by atoms with Crippen molar-refractivity contribution in [1.82, 2.24) is 10.2 Å². The number of fused-ring (bicyclic) bond motifs is 1. The molecule has 1 spiro atoms. The summed E-state index contributed by atoms with van der Waals surface area (Å²) in [6, 6.07) is 6.73. The Labute approximate surface area is 153 Å². The van der Waals surface area contributed by atoms with Crippen LogP contribution in [0.25, 0.3) is 0 Å². The van der Waals surface area contributed by atoms with Gasteiger partial charge in [0.1, 0.15) is 17.4 Å². The van der Waals surface area contributed by atoms with E-state index in [9.17, 15) is 14.4 Å². The second-order valence-electron chi connectivity index (χ2n) is 7.56. The number of carbonyl (C=O) groups excluding carboxylic acids is 3. The van der Waals surface area contributed by atoms with Crippen molar-refractivity contribution in [2.75, 3.05) is 6.54 Å². The maximum absolute atomic E-state index is 12.6. The van der Waals surface area contributed by atoms with Gasteiger partial charge in [0.05, 0.1) is 12.0 Å². The van der Waals surface area contributed by atoms with Gasteiger partial charge in [-0.1, -0.05) is 12.1 Å². The third kappa shape index (κ3) is 3.59. The third-order valence-corrected chi connectivity index (χ3v) is 5.20. The molecule has 0 aromatic heterocycles. The monoisotopic (exact) mass is 358 g/mol. The van der Waals surface area contributed by atoms with Gasteiger partial charge in [-0.15, -0.1) is 0 Å². The summed E-state index contributed by atoms with van der Waals surface area (Å²) in [5.74, 6) is 0.423. The first kappa shape index (κ1) is 18.4. The molecule has 6 nitrogen and oxygen atoms in total. The summed E-state index contributed by atoms with van der Waals surface area (Å²) in [6.45, 7) is 5.93. The normalized spacial score (nSPS) is 24.1. The molecule has 0 bridgehead atoms. The highest BCUT2D eigenvalue weighted by atomic mass is 16.5. The van der Waals surface area contributed by atoms with Crippen LogP contribution in [0, 0.1) is 0 Å². The van der Waals surface area contributed by atoms with Crippen molar-refractivity contribution >= 4 is 17.6 Å². The first-order valence-electron chi connectivity index (χ1n) is 9.22. The van der Waals surface area contributed by atoms with E-state index in [0.717, 1.165) is 0 Å². The van der Waals surface area contributed by atoms with Crippen molar-refractivity contribution in [3.63, 3.8) is 0 Å². The number of amides is 2. The number of nitrogens with one attached hydrogen (secondary N) is 1. The molecule has 1 saturated heterocycles. The van der Waals surface area contributed by atoms with Gasteiger partial charge in [-0.05, 0) is 39.3 Å². The quantitative estimate of drug-likeness (QED) is 0.900. The number of carbonyl (C=O) groups is 3. The second kappa shape index (κ2) is 7.09. The first-order chi connectivity index (χ1) is 12.3. The zero-order valence-corrected chi connectivity index (χ0v) is 15.6. The Morgan fingerprint density at radius 2 is 1.92 bits per heavy atom. The van der Waals surface area contributed by atoms with Crippen LogP contribution in [-0.2, 0) is 9.59 Å². The van der Waals surface area contributed by atoms with Gasteiger partial charge in [-0.2, -0.15) is 0 Å². The maximum atomic E-state index is 12.6. The third-order valence-electron chi connectivity index (χ3n) is 5.20. The van der Waals surface area contributed by atoms with E-state index in [1.54, 1.807) is 24.0 Å². The average molecular weight is 358 g/mol. The van der Waals surface area contributed by atoms with Crippen molar-refractivity contribution in [2.45, 2.75) is 64.1 Å². The predicted octanol–water partition coefficient (Wildman–Crippen LogP) is 2.32. The van der Waals surface area contributed by atoms with E-state index >= 15 is 0 Å². The number of ketones is 1. The molecule has 2 atom stereocenters. The highest BCUT2D eigenvalue weighted by Crippen LogP contribution is 2.39. The summed E-state index contributed by atoms with van der Waals surface area (Å²) in [4.78, 5) is 39.1. The van der Waals surface area contributed by atoms with Crippen LogP contribution in [0.3, 0.4) is 0 Å². The highest BCUT2D eigenvalue weighted by molar-refractivity contribution is 6.00. The SMILES string of the molecule is CC(C)NC(=O)[C@H](C)N1CC[C@@]2(CCC1=O)CC(=O)c1ccccc1O2. The molecule has 2 heterocycles. The lowest BCUT2D eigenvalue weighted by Crippen LogP contribution is -2.50. The number of benzene rings is 1. The summed E-state index contributed by atoms with van der Waals surface area (Å²) in [7, 11) is 0. The van der Waals surface area contributed by atoms with Crippen LogP contribution in [0.4, 0.5) is 0 Å². The van der Waals surface area contributed by atoms with Crippen LogP contribution in [0.5, 0.6) is 5.75 Å². The minimum absolute atomic E-state index is 0.0224. The van der Waals surface area contributed by atoms with Crippen LogP contribution in [0.1, 0.15) is 56.8 Å². The number of Topliss-reactive ketones (excluding diaryl/α,β-unsaturated/α-hetero) is 1. The van der Waals surface area contributed by atoms with Gasteiger partial charge >= 0.3 is 0 Å². The van der Waals surface area contributed by atoms with Crippen molar-refractivity contribution in [3.05, 3.63) is 29.8 Å². The van der Waals surface area contributed by atoms with E-state index in [-0.39, 0.29) is 36.5 Å². The van der Waals surface area contributed by atoms with Crippen LogP contribution >= 0.6 is 0 Å². The van der Waals surface area contributed by atoms with Gasteiger partial charge < -0.3 is 15.0 Å². The Hall–Kier alpha value is -2.37. The van der Waals surface area contributed by atoms with Crippen LogP contribution in [0.15, 0.2) is 24.3 Å².